The van der Waals surface area contributed by atoms with Crippen molar-refractivity contribution in [1.29, 1.82) is 0 Å². The van der Waals surface area contributed by atoms with Gasteiger partial charge in [0.2, 0.25) is 0 Å². The first kappa shape index (κ1) is 14.2. The van der Waals surface area contributed by atoms with Gasteiger partial charge in [-0.25, -0.2) is 4.39 Å². The Morgan fingerprint density at radius 2 is 2.24 bits per heavy atom. The van der Waals surface area contributed by atoms with Gasteiger partial charge in [-0.2, -0.15) is 5.10 Å². The molecule has 0 unspecified atom stereocenters. The predicted octanol–water partition coefficient (Wildman–Crippen LogP) is 2.43. The van der Waals surface area contributed by atoms with Crippen LogP contribution in [0.25, 0.3) is 0 Å². The summed E-state index contributed by atoms with van der Waals surface area (Å²) in [5.74, 6) is -0.345. The molecule has 0 radical (unpaired) electrons. The normalized spacial score (nSPS) is 20.8. The third-order valence-electron chi connectivity index (χ3n) is 4.14. The summed E-state index contributed by atoms with van der Waals surface area (Å²) in [7, 11) is 1.90. The Balaban J connectivity index is 1.73. The Labute approximate surface area is 123 Å². The third-order valence-corrected chi connectivity index (χ3v) is 4.14. The van der Waals surface area contributed by atoms with E-state index in [4.69, 9.17) is 0 Å². The van der Waals surface area contributed by atoms with Gasteiger partial charge in [0.25, 0.3) is 0 Å². The van der Waals surface area contributed by atoms with E-state index in [0.29, 0.717) is 12.1 Å². The van der Waals surface area contributed by atoms with Crippen LogP contribution in [0.5, 0.6) is 0 Å². The maximum absolute atomic E-state index is 13.7. The zero-order valence-electron chi connectivity index (χ0n) is 12.1. The van der Waals surface area contributed by atoms with Crippen molar-refractivity contribution in [3.63, 3.8) is 0 Å². The van der Waals surface area contributed by atoms with E-state index in [0.717, 1.165) is 24.9 Å². The Hall–Kier alpha value is -1.72. The number of rotatable bonds is 4. The molecular formula is C16H20FN3O. The fourth-order valence-electron chi connectivity index (χ4n) is 3.10. The SMILES string of the molecule is Cn1cc([C@H]2CCCN2C[C@H](O)c2ccccc2F)cn1. The molecule has 1 aromatic heterocycles. The maximum atomic E-state index is 13.7. The van der Waals surface area contributed by atoms with Gasteiger partial charge in [0.15, 0.2) is 0 Å². The Morgan fingerprint density at radius 1 is 1.43 bits per heavy atom. The van der Waals surface area contributed by atoms with Crippen molar-refractivity contribution in [1.82, 2.24) is 14.7 Å². The number of halogens is 1. The number of aromatic nitrogens is 2. The van der Waals surface area contributed by atoms with Crippen molar-refractivity contribution in [2.75, 3.05) is 13.1 Å². The standard InChI is InChI=1S/C16H20FN3O/c1-19-10-12(9-18-19)15-7-4-8-20(15)11-16(21)13-5-2-3-6-14(13)17/h2-3,5-6,9-10,15-16,21H,4,7-8,11H2,1H3/t15-,16+/m1/s1. The lowest BCUT2D eigenvalue weighted by atomic mass is 10.1. The molecule has 1 aliphatic heterocycles. The highest BCUT2D eigenvalue weighted by atomic mass is 19.1. The lowest BCUT2D eigenvalue weighted by Gasteiger charge is -2.26. The quantitative estimate of drug-likeness (QED) is 0.940. The maximum Gasteiger partial charge on any atom is 0.129 e. The van der Waals surface area contributed by atoms with Crippen LogP contribution in [0.2, 0.25) is 0 Å². The van der Waals surface area contributed by atoms with E-state index in [1.54, 1.807) is 22.9 Å². The second-order valence-corrected chi connectivity index (χ2v) is 5.64. The molecule has 0 bridgehead atoms. The largest absolute Gasteiger partial charge is 0.387 e. The van der Waals surface area contributed by atoms with Crippen molar-refractivity contribution in [2.24, 2.45) is 7.05 Å². The molecule has 1 N–H and O–H groups in total. The van der Waals surface area contributed by atoms with Gasteiger partial charge in [0, 0.05) is 37.0 Å². The number of aliphatic hydroxyl groups excluding tert-OH is 1. The van der Waals surface area contributed by atoms with Gasteiger partial charge in [-0.15, -0.1) is 0 Å². The van der Waals surface area contributed by atoms with E-state index in [2.05, 4.69) is 10.00 Å². The summed E-state index contributed by atoms with van der Waals surface area (Å²) < 4.78 is 15.5. The summed E-state index contributed by atoms with van der Waals surface area (Å²) >= 11 is 0. The minimum atomic E-state index is -0.802. The van der Waals surface area contributed by atoms with E-state index in [1.165, 1.54) is 6.07 Å². The summed E-state index contributed by atoms with van der Waals surface area (Å²) in [5, 5.41) is 14.5. The number of nitrogens with zero attached hydrogens (tertiary/aromatic N) is 3. The molecule has 1 saturated heterocycles. The van der Waals surface area contributed by atoms with Crippen molar-refractivity contribution < 1.29 is 9.50 Å². The fraction of sp³-hybridized carbons (Fsp3) is 0.438. The Bertz CT molecular complexity index is 613. The number of β-amino-alcohol motifs (C(OH)–C–C–N with tert-alkyl or cyclic N) is 1. The van der Waals surface area contributed by atoms with E-state index in [9.17, 15) is 9.50 Å². The molecule has 2 atom stereocenters. The molecule has 21 heavy (non-hydrogen) atoms. The van der Waals surface area contributed by atoms with E-state index < -0.39 is 6.10 Å². The average Bonchev–Trinajstić information content (AvgIpc) is 3.08. The number of hydrogen-bond donors (Lipinski definition) is 1. The molecule has 5 heteroatoms. The zero-order chi connectivity index (χ0) is 14.8. The van der Waals surface area contributed by atoms with Crippen molar-refractivity contribution in [3.05, 3.63) is 53.6 Å². The summed E-state index contributed by atoms with van der Waals surface area (Å²) in [5.41, 5.74) is 1.53. The smallest absolute Gasteiger partial charge is 0.129 e. The molecule has 0 spiro atoms. The molecule has 0 amide bonds. The second kappa shape index (κ2) is 5.95. The molecule has 4 nitrogen and oxygen atoms in total. The van der Waals surface area contributed by atoms with Crippen LogP contribution in [-0.4, -0.2) is 32.9 Å². The fourth-order valence-corrected chi connectivity index (χ4v) is 3.10. The molecule has 2 aromatic rings. The topological polar surface area (TPSA) is 41.3 Å². The monoisotopic (exact) mass is 289 g/mol. The summed E-state index contributed by atoms with van der Waals surface area (Å²) in [6, 6.07) is 6.69. The molecular weight excluding hydrogens is 269 g/mol. The van der Waals surface area contributed by atoms with E-state index >= 15 is 0 Å². The molecule has 0 aliphatic carbocycles. The predicted molar refractivity (Wildman–Crippen MR) is 78.1 cm³/mol. The molecule has 1 fully saturated rings. The summed E-state index contributed by atoms with van der Waals surface area (Å²) in [6.07, 6.45) is 5.22. The summed E-state index contributed by atoms with van der Waals surface area (Å²) in [6.45, 7) is 1.37. The molecule has 3 rings (SSSR count). The third kappa shape index (κ3) is 2.99. The zero-order valence-corrected chi connectivity index (χ0v) is 12.1. The Morgan fingerprint density at radius 3 is 2.95 bits per heavy atom. The first-order valence-electron chi connectivity index (χ1n) is 7.30. The van der Waals surface area contributed by atoms with Gasteiger partial charge < -0.3 is 5.11 Å². The van der Waals surface area contributed by atoms with Gasteiger partial charge in [-0.1, -0.05) is 18.2 Å². The van der Waals surface area contributed by atoms with Gasteiger partial charge in [-0.3, -0.25) is 9.58 Å². The lowest BCUT2D eigenvalue weighted by molar-refractivity contribution is 0.103. The number of hydrogen-bond acceptors (Lipinski definition) is 3. The van der Waals surface area contributed by atoms with Gasteiger partial charge in [0.1, 0.15) is 5.82 Å². The molecule has 1 aromatic carbocycles. The van der Waals surface area contributed by atoms with E-state index in [-0.39, 0.29) is 11.9 Å². The van der Waals surface area contributed by atoms with E-state index in [1.807, 2.05) is 19.4 Å². The van der Waals surface area contributed by atoms with Gasteiger partial charge in [-0.05, 0) is 25.5 Å². The van der Waals surface area contributed by atoms with Crippen LogP contribution in [0.3, 0.4) is 0 Å². The van der Waals surface area contributed by atoms with Gasteiger partial charge in [0.05, 0.1) is 12.3 Å². The summed E-state index contributed by atoms with van der Waals surface area (Å²) in [4.78, 5) is 2.22. The average molecular weight is 289 g/mol. The van der Waals surface area contributed by atoms with Crippen LogP contribution in [0.15, 0.2) is 36.7 Å². The molecule has 1 aliphatic rings. The molecule has 2 heterocycles. The lowest BCUT2D eigenvalue weighted by Crippen LogP contribution is -2.28. The highest BCUT2D eigenvalue weighted by Crippen LogP contribution is 2.33. The number of aryl methyl sites for hydroxylation is 1. The van der Waals surface area contributed by atoms with Crippen LogP contribution in [0, 0.1) is 5.82 Å². The Kier molecular flexibility index (Phi) is 4.03. The first-order valence-corrected chi connectivity index (χ1v) is 7.30. The van der Waals surface area contributed by atoms with Crippen molar-refractivity contribution in [3.8, 4) is 0 Å². The second-order valence-electron chi connectivity index (χ2n) is 5.64. The minimum Gasteiger partial charge on any atom is -0.387 e. The van der Waals surface area contributed by atoms with Crippen LogP contribution >= 0.6 is 0 Å². The van der Waals surface area contributed by atoms with Crippen LogP contribution < -0.4 is 0 Å². The highest BCUT2D eigenvalue weighted by molar-refractivity contribution is 5.20. The molecule has 112 valence electrons. The number of aliphatic hydroxyl groups is 1. The first-order chi connectivity index (χ1) is 10.1. The molecule has 0 saturated carbocycles. The number of benzene rings is 1. The van der Waals surface area contributed by atoms with Crippen LogP contribution in [0.1, 0.15) is 36.1 Å². The van der Waals surface area contributed by atoms with Crippen molar-refractivity contribution in [2.45, 2.75) is 25.0 Å². The van der Waals surface area contributed by atoms with Crippen molar-refractivity contribution >= 4 is 0 Å². The van der Waals surface area contributed by atoms with Gasteiger partial charge >= 0.3 is 0 Å². The van der Waals surface area contributed by atoms with Crippen LogP contribution in [-0.2, 0) is 7.05 Å². The number of likely N-dealkylation sites (tertiary alicyclic amines) is 1. The van der Waals surface area contributed by atoms with Crippen LogP contribution in [0.4, 0.5) is 4.39 Å². The highest BCUT2D eigenvalue weighted by Gasteiger charge is 2.29. The minimum absolute atomic E-state index is 0.264.